The fourth-order valence-electron chi connectivity index (χ4n) is 1.84. The Morgan fingerprint density at radius 1 is 1.45 bits per heavy atom. The lowest BCUT2D eigenvalue weighted by Gasteiger charge is -2.02. The molecular formula is C9H14N2. The maximum atomic E-state index is 4.34. The number of aryl methyl sites for hydroxylation is 1. The molecule has 0 amide bonds. The molecule has 2 heteroatoms. The number of imidazole rings is 1. The molecule has 11 heavy (non-hydrogen) atoms. The Morgan fingerprint density at radius 3 is 2.73 bits per heavy atom. The molecule has 1 aromatic rings. The second kappa shape index (κ2) is 2.68. The van der Waals surface area contributed by atoms with Gasteiger partial charge in [-0.2, -0.15) is 0 Å². The highest BCUT2D eigenvalue weighted by atomic mass is 14.9. The van der Waals surface area contributed by atoms with Gasteiger partial charge in [-0.3, -0.25) is 0 Å². The number of hydrogen-bond acceptors (Lipinski definition) is 1. The van der Waals surface area contributed by atoms with Crippen molar-refractivity contribution in [1.82, 2.24) is 9.97 Å². The van der Waals surface area contributed by atoms with E-state index < -0.39 is 0 Å². The molecule has 2 rings (SSSR count). The van der Waals surface area contributed by atoms with Gasteiger partial charge in [0.15, 0.2) is 0 Å². The normalized spacial score (nSPS) is 19.4. The van der Waals surface area contributed by atoms with Crippen molar-refractivity contribution in [2.45, 2.75) is 38.5 Å². The van der Waals surface area contributed by atoms with E-state index in [-0.39, 0.29) is 0 Å². The SMILES string of the molecule is Cc1cnc(C2CCCC2)[nH]1. The number of hydrogen-bond donors (Lipinski definition) is 1. The zero-order valence-electron chi connectivity index (χ0n) is 6.93. The summed E-state index contributed by atoms with van der Waals surface area (Å²) in [6, 6.07) is 0. The van der Waals surface area contributed by atoms with Gasteiger partial charge in [0, 0.05) is 17.8 Å². The molecule has 1 aliphatic rings. The van der Waals surface area contributed by atoms with E-state index in [2.05, 4.69) is 16.9 Å². The van der Waals surface area contributed by atoms with Gasteiger partial charge in [-0.1, -0.05) is 12.8 Å². The predicted octanol–water partition coefficient (Wildman–Crippen LogP) is 2.38. The van der Waals surface area contributed by atoms with Crippen LogP contribution >= 0.6 is 0 Å². The highest BCUT2D eigenvalue weighted by Crippen LogP contribution is 2.31. The van der Waals surface area contributed by atoms with Crippen LogP contribution in [0.5, 0.6) is 0 Å². The first-order valence-corrected chi connectivity index (χ1v) is 4.38. The number of aromatic nitrogens is 2. The summed E-state index contributed by atoms with van der Waals surface area (Å²) in [4.78, 5) is 7.65. The Bertz CT molecular complexity index is 233. The first-order valence-electron chi connectivity index (χ1n) is 4.38. The van der Waals surface area contributed by atoms with Crippen LogP contribution in [0.25, 0.3) is 0 Å². The van der Waals surface area contributed by atoms with E-state index >= 15 is 0 Å². The molecule has 1 fully saturated rings. The van der Waals surface area contributed by atoms with Crippen LogP contribution in [0.15, 0.2) is 6.20 Å². The van der Waals surface area contributed by atoms with Crippen molar-refractivity contribution in [2.24, 2.45) is 0 Å². The van der Waals surface area contributed by atoms with Crippen LogP contribution in [-0.2, 0) is 0 Å². The Morgan fingerprint density at radius 2 is 2.18 bits per heavy atom. The monoisotopic (exact) mass is 150 g/mol. The molecule has 0 radical (unpaired) electrons. The van der Waals surface area contributed by atoms with Crippen molar-refractivity contribution < 1.29 is 0 Å². The van der Waals surface area contributed by atoms with E-state index in [1.807, 2.05) is 6.20 Å². The molecule has 1 saturated carbocycles. The molecule has 0 aromatic carbocycles. The fourth-order valence-corrected chi connectivity index (χ4v) is 1.84. The molecule has 1 N–H and O–H groups in total. The van der Waals surface area contributed by atoms with Crippen LogP contribution in [0.4, 0.5) is 0 Å². The minimum Gasteiger partial charge on any atom is -0.346 e. The molecule has 0 atom stereocenters. The molecule has 1 aromatic heterocycles. The third kappa shape index (κ3) is 1.30. The van der Waals surface area contributed by atoms with Crippen molar-refractivity contribution in [3.05, 3.63) is 17.7 Å². The van der Waals surface area contributed by atoms with E-state index in [9.17, 15) is 0 Å². The third-order valence-electron chi connectivity index (χ3n) is 2.46. The second-order valence-corrected chi connectivity index (χ2v) is 3.43. The van der Waals surface area contributed by atoms with Crippen molar-refractivity contribution in [3.63, 3.8) is 0 Å². The minimum absolute atomic E-state index is 0.726. The van der Waals surface area contributed by atoms with Gasteiger partial charge >= 0.3 is 0 Å². The van der Waals surface area contributed by atoms with E-state index in [4.69, 9.17) is 0 Å². The van der Waals surface area contributed by atoms with E-state index in [1.54, 1.807) is 0 Å². The smallest absolute Gasteiger partial charge is 0.109 e. The highest BCUT2D eigenvalue weighted by Gasteiger charge is 2.18. The lowest BCUT2D eigenvalue weighted by Crippen LogP contribution is -1.94. The summed E-state index contributed by atoms with van der Waals surface area (Å²) in [6.07, 6.45) is 7.34. The van der Waals surface area contributed by atoms with Gasteiger partial charge in [-0.15, -0.1) is 0 Å². The summed E-state index contributed by atoms with van der Waals surface area (Å²) in [5.74, 6) is 1.93. The van der Waals surface area contributed by atoms with Crippen LogP contribution in [0, 0.1) is 6.92 Å². The molecule has 0 saturated heterocycles. The van der Waals surface area contributed by atoms with Crippen LogP contribution in [0.1, 0.15) is 43.1 Å². The average molecular weight is 150 g/mol. The number of nitrogens with zero attached hydrogens (tertiary/aromatic N) is 1. The largest absolute Gasteiger partial charge is 0.346 e. The molecule has 60 valence electrons. The molecule has 1 heterocycles. The summed E-state index contributed by atoms with van der Waals surface area (Å²) < 4.78 is 0. The maximum absolute atomic E-state index is 4.34. The maximum Gasteiger partial charge on any atom is 0.109 e. The first-order chi connectivity index (χ1) is 5.36. The third-order valence-corrected chi connectivity index (χ3v) is 2.46. The summed E-state index contributed by atoms with van der Waals surface area (Å²) in [6.45, 7) is 2.06. The van der Waals surface area contributed by atoms with Crippen molar-refractivity contribution in [3.8, 4) is 0 Å². The average Bonchev–Trinajstić information content (AvgIpc) is 2.55. The number of nitrogens with one attached hydrogen (secondary N) is 1. The number of aromatic amines is 1. The van der Waals surface area contributed by atoms with Gasteiger partial charge in [-0.25, -0.2) is 4.98 Å². The topological polar surface area (TPSA) is 28.7 Å². The fraction of sp³-hybridized carbons (Fsp3) is 0.667. The second-order valence-electron chi connectivity index (χ2n) is 3.43. The van der Waals surface area contributed by atoms with Crippen LogP contribution in [0.3, 0.4) is 0 Å². The van der Waals surface area contributed by atoms with Gasteiger partial charge in [0.05, 0.1) is 0 Å². The Balaban J connectivity index is 2.15. The molecule has 0 bridgehead atoms. The number of rotatable bonds is 1. The highest BCUT2D eigenvalue weighted by molar-refractivity contribution is 5.04. The molecular weight excluding hydrogens is 136 g/mol. The van der Waals surface area contributed by atoms with Crippen molar-refractivity contribution in [1.29, 1.82) is 0 Å². The Hall–Kier alpha value is -0.790. The molecule has 0 aliphatic heterocycles. The van der Waals surface area contributed by atoms with Gasteiger partial charge in [0.25, 0.3) is 0 Å². The van der Waals surface area contributed by atoms with Crippen LogP contribution < -0.4 is 0 Å². The Kier molecular flexibility index (Phi) is 1.68. The lowest BCUT2D eigenvalue weighted by molar-refractivity contribution is 0.677. The van der Waals surface area contributed by atoms with E-state index in [0.29, 0.717) is 0 Å². The van der Waals surface area contributed by atoms with Crippen LogP contribution in [-0.4, -0.2) is 9.97 Å². The molecule has 0 unspecified atom stereocenters. The molecule has 1 aliphatic carbocycles. The predicted molar refractivity (Wildman–Crippen MR) is 44.5 cm³/mol. The molecule has 2 nitrogen and oxygen atoms in total. The summed E-state index contributed by atoms with van der Waals surface area (Å²) >= 11 is 0. The van der Waals surface area contributed by atoms with Crippen LogP contribution in [0.2, 0.25) is 0 Å². The standard InChI is InChI=1S/C9H14N2/c1-7-6-10-9(11-7)8-4-2-3-5-8/h6,8H,2-5H2,1H3,(H,10,11). The van der Waals surface area contributed by atoms with Gasteiger partial charge < -0.3 is 4.98 Å². The quantitative estimate of drug-likeness (QED) is 0.654. The summed E-state index contributed by atoms with van der Waals surface area (Å²) in [7, 11) is 0. The van der Waals surface area contributed by atoms with Gasteiger partial charge in [0.2, 0.25) is 0 Å². The zero-order chi connectivity index (χ0) is 7.68. The number of H-pyrrole nitrogens is 1. The van der Waals surface area contributed by atoms with E-state index in [1.165, 1.54) is 37.2 Å². The summed E-state index contributed by atoms with van der Waals surface area (Å²) in [5, 5.41) is 0. The Labute approximate surface area is 67.0 Å². The van der Waals surface area contributed by atoms with Crippen molar-refractivity contribution >= 4 is 0 Å². The summed E-state index contributed by atoms with van der Waals surface area (Å²) in [5.41, 5.74) is 1.19. The van der Waals surface area contributed by atoms with Gasteiger partial charge in [-0.05, 0) is 19.8 Å². The van der Waals surface area contributed by atoms with Gasteiger partial charge in [0.1, 0.15) is 5.82 Å². The lowest BCUT2D eigenvalue weighted by atomic mass is 10.1. The van der Waals surface area contributed by atoms with Crippen molar-refractivity contribution in [2.75, 3.05) is 0 Å². The van der Waals surface area contributed by atoms with E-state index in [0.717, 1.165) is 5.92 Å². The zero-order valence-corrected chi connectivity index (χ0v) is 6.93. The minimum atomic E-state index is 0.726. The first kappa shape index (κ1) is 6.89. The molecule has 0 spiro atoms.